The molecule has 0 saturated carbocycles. The topological polar surface area (TPSA) is 125 Å². The summed E-state index contributed by atoms with van der Waals surface area (Å²) in [6.07, 6.45) is 0. The molecule has 0 spiro atoms. The number of nitrogens with zero attached hydrogens (tertiary/aromatic N) is 1. The molecule has 1 aromatic rings. The molecule has 10 nitrogen and oxygen atoms in total. The highest BCUT2D eigenvalue weighted by Gasteiger charge is 2.18. The smallest absolute Gasteiger partial charge is 0.296 e. The fourth-order valence-corrected chi connectivity index (χ4v) is 2.13. The average molecular weight is 372 g/mol. The fourth-order valence-electron chi connectivity index (χ4n) is 2.13. The van der Waals surface area contributed by atoms with Crippen LogP contribution in [-0.4, -0.2) is 71.0 Å². The molecule has 1 aliphatic heterocycles. The first kappa shape index (κ1) is 20.2. The van der Waals surface area contributed by atoms with Gasteiger partial charge in [-0.3, -0.25) is 10.1 Å². The maximum atomic E-state index is 11.1. The number of nitrogen functional groups attached to an aromatic ring is 1. The Morgan fingerprint density at radius 2 is 1.12 bits per heavy atom. The first-order valence-electron chi connectivity index (χ1n) is 8.33. The second-order valence-electron chi connectivity index (χ2n) is 5.26. The van der Waals surface area contributed by atoms with E-state index < -0.39 is 4.92 Å². The number of nitro benzene ring substituents is 1. The Morgan fingerprint density at radius 3 is 1.54 bits per heavy atom. The van der Waals surface area contributed by atoms with E-state index in [0.29, 0.717) is 58.6 Å². The SMILES string of the molecule is Nc1cc2c(cc1[N+](=O)[O-])OCCOCCOCCOCCOCCO2. The molecule has 0 amide bonds. The highest BCUT2D eigenvalue weighted by Crippen LogP contribution is 2.36. The molecule has 146 valence electrons. The summed E-state index contributed by atoms with van der Waals surface area (Å²) >= 11 is 0. The molecule has 1 heterocycles. The largest absolute Gasteiger partial charge is 0.487 e. The number of rotatable bonds is 1. The van der Waals surface area contributed by atoms with Crippen LogP contribution in [0.25, 0.3) is 0 Å². The highest BCUT2D eigenvalue weighted by molar-refractivity contribution is 5.65. The number of benzene rings is 1. The predicted octanol–water partition coefficient (Wildman–Crippen LogP) is 1.01. The van der Waals surface area contributed by atoms with Crippen LogP contribution in [0.1, 0.15) is 0 Å². The second kappa shape index (κ2) is 11.5. The van der Waals surface area contributed by atoms with Gasteiger partial charge in [0.15, 0.2) is 11.5 Å². The van der Waals surface area contributed by atoms with Crippen LogP contribution in [-0.2, 0) is 18.9 Å². The highest BCUT2D eigenvalue weighted by atomic mass is 16.6. The van der Waals surface area contributed by atoms with Gasteiger partial charge in [0.1, 0.15) is 18.9 Å². The fraction of sp³-hybridized carbons (Fsp3) is 0.625. The Morgan fingerprint density at radius 1 is 0.731 bits per heavy atom. The monoisotopic (exact) mass is 372 g/mol. The van der Waals surface area contributed by atoms with Gasteiger partial charge in [-0.25, -0.2) is 0 Å². The standard InChI is InChI=1S/C16H24N2O8/c17-13-11-15-16(12-14(13)18(19)20)26-10-8-24-6-4-22-2-1-21-3-5-23-7-9-25-15/h11-12H,1-10,17H2. The Labute approximate surface area is 151 Å². The van der Waals surface area contributed by atoms with E-state index in [4.69, 9.17) is 34.2 Å². The molecule has 2 rings (SSSR count). The molecule has 1 aliphatic rings. The Bertz CT molecular complexity index is 569. The van der Waals surface area contributed by atoms with Crippen LogP contribution in [0, 0.1) is 10.1 Å². The van der Waals surface area contributed by atoms with Crippen LogP contribution >= 0.6 is 0 Å². The van der Waals surface area contributed by atoms with E-state index in [1.165, 1.54) is 12.1 Å². The van der Waals surface area contributed by atoms with E-state index in [1.54, 1.807) is 0 Å². The van der Waals surface area contributed by atoms with Crippen LogP contribution < -0.4 is 15.2 Å². The molecule has 1 aromatic carbocycles. The summed E-state index contributed by atoms with van der Waals surface area (Å²) in [6.45, 7) is 3.82. The molecule has 2 N–H and O–H groups in total. The van der Waals surface area contributed by atoms with Crippen molar-refractivity contribution >= 4 is 11.4 Å². The van der Waals surface area contributed by atoms with Gasteiger partial charge in [0.2, 0.25) is 0 Å². The first-order valence-corrected chi connectivity index (χ1v) is 8.33. The Hall–Kier alpha value is -2.14. The lowest BCUT2D eigenvalue weighted by Gasteiger charge is -2.14. The van der Waals surface area contributed by atoms with Crippen molar-refractivity contribution in [2.75, 3.05) is 71.8 Å². The summed E-state index contributed by atoms with van der Waals surface area (Å²) in [7, 11) is 0. The van der Waals surface area contributed by atoms with E-state index >= 15 is 0 Å². The van der Waals surface area contributed by atoms with Crippen molar-refractivity contribution < 1.29 is 33.3 Å². The number of anilines is 1. The van der Waals surface area contributed by atoms with Gasteiger partial charge >= 0.3 is 0 Å². The molecule has 0 unspecified atom stereocenters. The van der Waals surface area contributed by atoms with Crippen molar-refractivity contribution in [3.63, 3.8) is 0 Å². The first-order chi connectivity index (χ1) is 12.7. The summed E-state index contributed by atoms with van der Waals surface area (Å²) in [5.41, 5.74) is 5.48. The Kier molecular flexibility index (Phi) is 8.90. The molecular formula is C16H24N2O8. The second-order valence-corrected chi connectivity index (χ2v) is 5.26. The van der Waals surface area contributed by atoms with E-state index in [2.05, 4.69) is 0 Å². The quantitative estimate of drug-likeness (QED) is 0.437. The zero-order chi connectivity index (χ0) is 18.6. The third-order valence-electron chi connectivity index (χ3n) is 3.38. The lowest BCUT2D eigenvalue weighted by atomic mass is 10.2. The number of nitro groups is 1. The summed E-state index contributed by atoms with van der Waals surface area (Å²) in [6, 6.07) is 2.63. The predicted molar refractivity (Wildman–Crippen MR) is 91.8 cm³/mol. The van der Waals surface area contributed by atoms with Crippen LogP contribution in [0.5, 0.6) is 11.5 Å². The molecule has 0 radical (unpaired) electrons. The van der Waals surface area contributed by atoms with E-state index in [-0.39, 0.29) is 30.3 Å². The van der Waals surface area contributed by atoms with Gasteiger partial charge < -0.3 is 34.2 Å². The number of ether oxygens (including phenoxy) is 6. The number of nitrogens with two attached hydrogens (primary N) is 1. The lowest BCUT2D eigenvalue weighted by molar-refractivity contribution is -0.384. The van der Waals surface area contributed by atoms with Gasteiger partial charge in [0.25, 0.3) is 5.69 Å². The molecule has 0 saturated heterocycles. The lowest BCUT2D eigenvalue weighted by Crippen LogP contribution is -2.16. The van der Waals surface area contributed by atoms with E-state index in [1.807, 2.05) is 0 Å². The minimum atomic E-state index is -0.568. The van der Waals surface area contributed by atoms with Crippen molar-refractivity contribution in [2.45, 2.75) is 0 Å². The summed E-state index contributed by atoms with van der Waals surface area (Å²) in [5, 5.41) is 11.1. The number of fused-ring (bicyclic) bond motifs is 1. The van der Waals surface area contributed by atoms with Crippen molar-refractivity contribution in [2.24, 2.45) is 0 Å². The number of hydrogen-bond donors (Lipinski definition) is 1. The third-order valence-corrected chi connectivity index (χ3v) is 3.38. The van der Waals surface area contributed by atoms with Crippen molar-refractivity contribution in [3.05, 3.63) is 22.2 Å². The summed E-state index contributed by atoms with van der Waals surface area (Å²) in [5.74, 6) is 0.549. The minimum absolute atomic E-state index is 0.00205. The van der Waals surface area contributed by atoms with Crippen molar-refractivity contribution in [1.82, 2.24) is 0 Å². The molecule has 0 fully saturated rings. The van der Waals surface area contributed by atoms with Crippen LogP contribution in [0.2, 0.25) is 0 Å². The van der Waals surface area contributed by atoms with Gasteiger partial charge in [-0.1, -0.05) is 0 Å². The molecular weight excluding hydrogens is 348 g/mol. The van der Waals surface area contributed by atoms with Gasteiger partial charge in [-0.05, 0) is 0 Å². The number of hydrogen-bond acceptors (Lipinski definition) is 9. The molecule has 0 aromatic heterocycles. The molecule has 0 atom stereocenters. The van der Waals surface area contributed by atoms with Gasteiger partial charge in [0, 0.05) is 6.07 Å². The van der Waals surface area contributed by atoms with Gasteiger partial charge in [-0.2, -0.15) is 0 Å². The maximum absolute atomic E-state index is 11.1. The zero-order valence-electron chi connectivity index (χ0n) is 14.5. The zero-order valence-corrected chi connectivity index (χ0v) is 14.5. The maximum Gasteiger partial charge on any atom is 0.296 e. The van der Waals surface area contributed by atoms with Gasteiger partial charge in [-0.15, -0.1) is 0 Å². The summed E-state index contributed by atoms with van der Waals surface area (Å²) < 4.78 is 32.6. The molecule has 0 aliphatic carbocycles. The van der Waals surface area contributed by atoms with Gasteiger partial charge in [0.05, 0.1) is 63.8 Å². The molecule has 26 heavy (non-hydrogen) atoms. The van der Waals surface area contributed by atoms with E-state index in [0.717, 1.165) is 0 Å². The normalized spacial score (nSPS) is 18.5. The average Bonchev–Trinajstić information content (AvgIpc) is 2.61. The minimum Gasteiger partial charge on any atom is -0.487 e. The molecule has 10 heteroatoms. The van der Waals surface area contributed by atoms with Crippen molar-refractivity contribution in [1.29, 1.82) is 0 Å². The van der Waals surface area contributed by atoms with Crippen LogP contribution in [0.4, 0.5) is 11.4 Å². The van der Waals surface area contributed by atoms with E-state index in [9.17, 15) is 10.1 Å². The van der Waals surface area contributed by atoms with Crippen LogP contribution in [0.15, 0.2) is 12.1 Å². The molecule has 0 bridgehead atoms. The Balaban J connectivity index is 2.00. The van der Waals surface area contributed by atoms with Crippen molar-refractivity contribution in [3.8, 4) is 11.5 Å². The van der Waals surface area contributed by atoms with Crippen LogP contribution in [0.3, 0.4) is 0 Å². The summed E-state index contributed by atoms with van der Waals surface area (Å²) in [4.78, 5) is 10.5. The third kappa shape index (κ3) is 7.00.